The fourth-order valence-electron chi connectivity index (χ4n) is 2.57. The molecule has 0 fully saturated rings. The number of benzene rings is 1. The largest absolute Gasteiger partial charge is 0.481 e. The molecule has 0 heterocycles. The lowest BCUT2D eigenvalue weighted by atomic mass is 9.94. The van der Waals surface area contributed by atoms with E-state index in [1.165, 1.54) is 6.07 Å². The van der Waals surface area contributed by atoms with Crippen LogP contribution in [-0.4, -0.2) is 29.6 Å². The van der Waals surface area contributed by atoms with Gasteiger partial charge in [0.1, 0.15) is 11.6 Å². The maximum absolute atomic E-state index is 13.6. The van der Waals surface area contributed by atoms with Crippen LogP contribution in [0.15, 0.2) is 18.2 Å². The molecule has 0 aromatic heterocycles. The van der Waals surface area contributed by atoms with Crippen LogP contribution in [0.4, 0.5) is 8.78 Å². The Labute approximate surface area is 140 Å². The highest BCUT2D eigenvalue weighted by Gasteiger charge is 2.21. The van der Waals surface area contributed by atoms with Gasteiger partial charge in [-0.25, -0.2) is 8.78 Å². The van der Waals surface area contributed by atoms with Crippen molar-refractivity contribution in [2.75, 3.05) is 6.54 Å². The molecule has 1 amide bonds. The average Bonchev–Trinajstić information content (AvgIpc) is 2.47. The summed E-state index contributed by atoms with van der Waals surface area (Å²) < 4.78 is 27.2. The Morgan fingerprint density at radius 3 is 2.33 bits per heavy atom. The van der Waals surface area contributed by atoms with Crippen LogP contribution in [0.1, 0.15) is 32.3 Å². The van der Waals surface area contributed by atoms with E-state index in [1.54, 1.807) is 0 Å². The van der Waals surface area contributed by atoms with Gasteiger partial charge in [-0.2, -0.15) is 0 Å². The van der Waals surface area contributed by atoms with Crippen molar-refractivity contribution in [1.82, 2.24) is 5.32 Å². The zero-order valence-electron chi connectivity index (χ0n) is 13.9. The summed E-state index contributed by atoms with van der Waals surface area (Å²) in [5, 5.41) is 11.5. The first-order valence-electron chi connectivity index (χ1n) is 7.88. The zero-order valence-corrected chi connectivity index (χ0v) is 13.9. The maximum Gasteiger partial charge on any atom is 0.303 e. The molecule has 0 aliphatic heterocycles. The lowest BCUT2D eigenvalue weighted by molar-refractivity contribution is -0.138. The second-order valence-electron chi connectivity index (χ2n) is 6.35. The average molecular weight is 342 g/mol. The summed E-state index contributed by atoms with van der Waals surface area (Å²) in [6.07, 6.45) is 0.317. The zero-order chi connectivity index (χ0) is 18.3. The van der Waals surface area contributed by atoms with Gasteiger partial charge >= 0.3 is 5.97 Å². The smallest absolute Gasteiger partial charge is 0.303 e. The minimum atomic E-state index is -1.11. The van der Waals surface area contributed by atoms with Gasteiger partial charge in [0.25, 0.3) is 0 Å². The summed E-state index contributed by atoms with van der Waals surface area (Å²) in [7, 11) is 0. The van der Waals surface area contributed by atoms with Gasteiger partial charge in [0.05, 0.1) is 6.04 Å². The monoisotopic (exact) mass is 342 g/mol. The van der Waals surface area contributed by atoms with Crippen LogP contribution in [0.2, 0.25) is 0 Å². The standard InChI is InChI=1S/C17H24F2N2O3/c1-10(2)6-11(7-16(22)23)9-21-17(24)15(20)8-12-13(18)4-3-5-14(12)19/h3-5,10-11,15H,6-9,20H2,1-2H3,(H,21,24)(H,22,23)/t11-,15-/m1/s1. The van der Waals surface area contributed by atoms with Crippen molar-refractivity contribution >= 4 is 11.9 Å². The third-order valence-electron chi connectivity index (χ3n) is 3.66. The molecule has 7 heteroatoms. The summed E-state index contributed by atoms with van der Waals surface area (Å²) in [4.78, 5) is 22.9. The van der Waals surface area contributed by atoms with Gasteiger partial charge in [-0.15, -0.1) is 0 Å². The highest BCUT2D eigenvalue weighted by Crippen LogP contribution is 2.16. The molecule has 134 valence electrons. The number of hydrogen-bond acceptors (Lipinski definition) is 3. The molecule has 0 spiro atoms. The van der Waals surface area contributed by atoms with Crippen molar-refractivity contribution in [2.24, 2.45) is 17.6 Å². The Morgan fingerprint density at radius 1 is 1.25 bits per heavy atom. The second kappa shape index (κ2) is 9.32. The number of nitrogens with two attached hydrogens (primary N) is 1. The first-order chi connectivity index (χ1) is 11.2. The quantitative estimate of drug-likeness (QED) is 0.641. The van der Waals surface area contributed by atoms with Gasteiger partial charge in [-0.3, -0.25) is 9.59 Å². The molecule has 1 aromatic rings. The van der Waals surface area contributed by atoms with E-state index in [-0.39, 0.29) is 36.8 Å². The topological polar surface area (TPSA) is 92.4 Å². The summed E-state index contributed by atoms with van der Waals surface area (Å²) in [6, 6.07) is 2.34. The Balaban J connectivity index is 2.60. The Bertz CT molecular complexity index is 559. The highest BCUT2D eigenvalue weighted by molar-refractivity contribution is 5.81. The maximum atomic E-state index is 13.6. The fraction of sp³-hybridized carbons (Fsp3) is 0.529. The van der Waals surface area contributed by atoms with Gasteiger partial charge < -0.3 is 16.2 Å². The van der Waals surface area contributed by atoms with Gasteiger partial charge in [0.2, 0.25) is 5.91 Å². The van der Waals surface area contributed by atoms with E-state index in [2.05, 4.69) is 5.32 Å². The Kier molecular flexibility index (Phi) is 7.78. The van der Waals surface area contributed by atoms with Gasteiger partial charge in [-0.05, 0) is 30.4 Å². The third-order valence-corrected chi connectivity index (χ3v) is 3.66. The second-order valence-corrected chi connectivity index (χ2v) is 6.35. The van der Waals surface area contributed by atoms with Gasteiger partial charge in [-0.1, -0.05) is 19.9 Å². The van der Waals surface area contributed by atoms with E-state index >= 15 is 0 Å². The van der Waals surface area contributed by atoms with E-state index in [9.17, 15) is 18.4 Å². The van der Waals surface area contributed by atoms with Gasteiger partial charge in [0.15, 0.2) is 0 Å². The molecular formula is C17H24F2N2O3. The number of rotatable bonds is 9. The van der Waals surface area contributed by atoms with Crippen LogP contribution in [0, 0.1) is 23.5 Å². The highest BCUT2D eigenvalue weighted by atomic mass is 19.1. The molecule has 4 N–H and O–H groups in total. The molecule has 0 saturated carbocycles. The predicted molar refractivity (Wildman–Crippen MR) is 86.2 cm³/mol. The summed E-state index contributed by atoms with van der Waals surface area (Å²) in [6.45, 7) is 4.09. The van der Waals surface area contributed by atoms with Crippen LogP contribution in [0.5, 0.6) is 0 Å². The molecule has 2 atom stereocenters. The summed E-state index contributed by atoms with van der Waals surface area (Å²) >= 11 is 0. The number of nitrogens with one attached hydrogen (secondary N) is 1. The van der Waals surface area contributed by atoms with Crippen molar-refractivity contribution < 1.29 is 23.5 Å². The molecule has 0 aliphatic carbocycles. The summed E-state index contributed by atoms with van der Waals surface area (Å²) in [5.41, 5.74) is 5.48. The van der Waals surface area contributed by atoms with Crippen LogP contribution in [-0.2, 0) is 16.0 Å². The molecule has 0 aliphatic rings. The van der Waals surface area contributed by atoms with E-state index in [0.29, 0.717) is 6.42 Å². The van der Waals surface area contributed by atoms with Crippen LogP contribution >= 0.6 is 0 Å². The molecule has 1 aromatic carbocycles. The SMILES string of the molecule is CC(C)C[C@@H](CNC(=O)[C@H](N)Cc1c(F)cccc1F)CC(=O)O. The Morgan fingerprint density at radius 2 is 1.83 bits per heavy atom. The summed E-state index contributed by atoms with van der Waals surface area (Å²) in [5.74, 6) is -2.93. The number of carbonyl (C=O) groups excluding carboxylic acids is 1. The molecule has 0 saturated heterocycles. The predicted octanol–water partition coefficient (Wildman–Crippen LogP) is 2.09. The molecule has 5 nitrogen and oxygen atoms in total. The van der Waals surface area contributed by atoms with Crippen LogP contribution in [0.25, 0.3) is 0 Å². The van der Waals surface area contributed by atoms with Crippen molar-refractivity contribution in [3.63, 3.8) is 0 Å². The number of halogens is 2. The number of amides is 1. The minimum Gasteiger partial charge on any atom is -0.481 e. The molecule has 0 bridgehead atoms. The lowest BCUT2D eigenvalue weighted by Crippen LogP contribution is -2.44. The molecule has 24 heavy (non-hydrogen) atoms. The van der Waals surface area contributed by atoms with Crippen LogP contribution < -0.4 is 11.1 Å². The third kappa shape index (κ3) is 6.62. The number of carbonyl (C=O) groups is 2. The molecule has 0 unspecified atom stereocenters. The number of carboxylic acids is 1. The van der Waals surface area contributed by atoms with Gasteiger partial charge in [0, 0.05) is 24.9 Å². The fourth-order valence-corrected chi connectivity index (χ4v) is 2.57. The number of hydrogen-bond donors (Lipinski definition) is 3. The normalized spacial score (nSPS) is 13.6. The van der Waals surface area contributed by atoms with Crippen LogP contribution in [0.3, 0.4) is 0 Å². The molecule has 1 rings (SSSR count). The van der Waals surface area contributed by atoms with E-state index < -0.39 is 29.6 Å². The Hall–Kier alpha value is -2.02. The lowest BCUT2D eigenvalue weighted by Gasteiger charge is -2.19. The minimum absolute atomic E-state index is 0.0599. The number of carboxylic acid groups (broad SMARTS) is 1. The molecule has 0 radical (unpaired) electrons. The van der Waals surface area contributed by atoms with Crippen molar-refractivity contribution in [1.29, 1.82) is 0 Å². The number of aliphatic carboxylic acids is 1. The molecular weight excluding hydrogens is 318 g/mol. The van der Waals surface area contributed by atoms with E-state index in [0.717, 1.165) is 12.1 Å². The first-order valence-corrected chi connectivity index (χ1v) is 7.88. The van der Waals surface area contributed by atoms with E-state index in [1.807, 2.05) is 13.8 Å². The van der Waals surface area contributed by atoms with Crippen molar-refractivity contribution in [2.45, 2.75) is 39.2 Å². The van der Waals surface area contributed by atoms with Crippen molar-refractivity contribution in [3.05, 3.63) is 35.4 Å². The van der Waals surface area contributed by atoms with E-state index in [4.69, 9.17) is 10.8 Å². The van der Waals surface area contributed by atoms with Crippen molar-refractivity contribution in [3.8, 4) is 0 Å². The first kappa shape index (κ1) is 20.0.